The van der Waals surface area contributed by atoms with E-state index in [1.165, 1.54) is 25.7 Å². The Morgan fingerprint density at radius 2 is 1.72 bits per heavy atom. The molecule has 0 aliphatic carbocycles. The van der Waals surface area contributed by atoms with Crippen LogP contribution in [0.2, 0.25) is 0 Å². The Morgan fingerprint density at radius 1 is 1.11 bits per heavy atom. The molecule has 0 saturated carbocycles. The van der Waals surface area contributed by atoms with Gasteiger partial charge in [-0.25, -0.2) is 4.79 Å². The number of rotatable bonds is 12. The minimum absolute atomic E-state index is 0.139. The van der Waals surface area contributed by atoms with Crippen molar-refractivity contribution in [3.8, 4) is 0 Å². The summed E-state index contributed by atoms with van der Waals surface area (Å²) in [6.07, 6.45) is 8.24. The van der Waals surface area contributed by atoms with Crippen LogP contribution in [0.5, 0.6) is 0 Å². The molecule has 18 heavy (non-hydrogen) atoms. The molecule has 1 unspecified atom stereocenters. The van der Waals surface area contributed by atoms with Crippen LogP contribution in [0.25, 0.3) is 0 Å². The average Bonchev–Trinajstić information content (AvgIpc) is 2.35. The van der Waals surface area contributed by atoms with Crippen molar-refractivity contribution in [2.24, 2.45) is 5.73 Å². The standard InChI is InChI=1S/C12H25NO4P/c1-2-3-4-5-6-7-8-9-12(14)17-18(15)16-11-10-13/h2-11,13H2,1H3/q+1. The van der Waals surface area contributed by atoms with Crippen LogP contribution in [0.4, 0.5) is 0 Å². The number of carbonyl (C=O) groups is 1. The van der Waals surface area contributed by atoms with E-state index in [-0.39, 0.29) is 13.2 Å². The van der Waals surface area contributed by atoms with Gasteiger partial charge in [-0.05, 0) is 6.42 Å². The van der Waals surface area contributed by atoms with Crippen molar-refractivity contribution in [2.45, 2.75) is 58.3 Å². The van der Waals surface area contributed by atoms with Crippen LogP contribution >= 0.6 is 8.25 Å². The molecule has 1 atom stereocenters. The van der Waals surface area contributed by atoms with Gasteiger partial charge in [0.1, 0.15) is 6.61 Å². The van der Waals surface area contributed by atoms with Gasteiger partial charge in [-0.15, -0.1) is 4.52 Å². The van der Waals surface area contributed by atoms with Gasteiger partial charge in [0.15, 0.2) is 0 Å². The van der Waals surface area contributed by atoms with Crippen molar-refractivity contribution in [2.75, 3.05) is 13.2 Å². The number of hydrogen-bond donors (Lipinski definition) is 1. The van der Waals surface area contributed by atoms with E-state index >= 15 is 0 Å². The number of carbonyl (C=O) groups excluding carboxylic acids is 1. The van der Waals surface area contributed by atoms with Gasteiger partial charge in [-0.2, -0.15) is 4.52 Å². The summed E-state index contributed by atoms with van der Waals surface area (Å²) < 4.78 is 20.3. The zero-order valence-corrected chi connectivity index (χ0v) is 12.1. The quantitative estimate of drug-likeness (QED) is 0.437. The summed E-state index contributed by atoms with van der Waals surface area (Å²) in [5.41, 5.74) is 5.16. The molecule has 0 aromatic heterocycles. The summed E-state index contributed by atoms with van der Waals surface area (Å²) in [4.78, 5) is 11.2. The normalized spacial score (nSPS) is 11.3. The van der Waals surface area contributed by atoms with Crippen LogP contribution in [0.1, 0.15) is 58.3 Å². The first-order valence-electron chi connectivity index (χ1n) is 6.71. The van der Waals surface area contributed by atoms with Gasteiger partial charge in [0, 0.05) is 11.1 Å². The molecule has 0 aliphatic rings. The van der Waals surface area contributed by atoms with Gasteiger partial charge in [-0.1, -0.05) is 45.4 Å². The molecule has 0 fully saturated rings. The molecule has 0 heterocycles. The van der Waals surface area contributed by atoms with E-state index in [4.69, 9.17) is 5.73 Å². The van der Waals surface area contributed by atoms with Crippen LogP contribution in [-0.2, 0) is 18.4 Å². The fourth-order valence-corrected chi connectivity index (χ4v) is 2.07. The van der Waals surface area contributed by atoms with Gasteiger partial charge in [0.2, 0.25) is 0 Å². The number of nitrogens with two attached hydrogens (primary N) is 1. The predicted molar refractivity (Wildman–Crippen MR) is 71.3 cm³/mol. The first kappa shape index (κ1) is 17.5. The van der Waals surface area contributed by atoms with Crippen molar-refractivity contribution in [1.82, 2.24) is 0 Å². The maximum Gasteiger partial charge on any atom is 0.753 e. The molecule has 0 saturated heterocycles. The van der Waals surface area contributed by atoms with Gasteiger partial charge in [0.25, 0.3) is 0 Å². The molecule has 5 nitrogen and oxygen atoms in total. The summed E-state index contributed by atoms with van der Waals surface area (Å²) in [5.74, 6) is -0.457. The second kappa shape index (κ2) is 12.9. The Labute approximate surface area is 110 Å². The minimum Gasteiger partial charge on any atom is -0.328 e. The lowest BCUT2D eigenvalue weighted by Crippen LogP contribution is -2.06. The Kier molecular flexibility index (Phi) is 12.6. The van der Waals surface area contributed by atoms with E-state index in [1.54, 1.807) is 0 Å². The highest BCUT2D eigenvalue weighted by atomic mass is 31.1. The first-order chi connectivity index (χ1) is 8.70. The summed E-state index contributed by atoms with van der Waals surface area (Å²) >= 11 is 0. The highest BCUT2D eigenvalue weighted by molar-refractivity contribution is 7.34. The topological polar surface area (TPSA) is 78.6 Å². The number of hydrogen-bond acceptors (Lipinski definition) is 5. The van der Waals surface area contributed by atoms with Crippen LogP contribution < -0.4 is 5.73 Å². The monoisotopic (exact) mass is 278 g/mol. The third-order valence-electron chi connectivity index (χ3n) is 2.48. The molecular weight excluding hydrogens is 253 g/mol. The molecular formula is C12H25NO4P+. The van der Waals surface area contributed by atoms with Gasteiger partial charge >= 0.3 is 14.2 Å². The van der Waals surface area contributed by atoms with Crippen LogP contribution in [0.3, 0.4) is 0 Å². The summed E-state index contributed by atoms with van der Waals surface area (Å²) in [7, 11) is -2.34. The van der Waals surface area contributed by atoms with Crippen molar-refractivity contribution in [3.05, 3.63) is 0 Å². The molecule has 0 spiro atoms. The van der Waals surface area contributed by atoms with E-state index in [2.05, 4.69) is 16.0 Å². The zero-order chi connectivity index (χ0) is 13.6. The highest BCUT2D eigenvalue weighted by Gasteiger charge is 2.25. The van der Waals surface area contributed by atoms with E-state index in [0.717, 1.165) is 19.3 Å². The Hall–Kier alpha value is -0.510. The van der Waals surface area contributed by atoms with Crippen molar-refractivity contribution in [1.29, 1.82) is 0 Å². The van der Waals surface area contributed by atoms with E-state index < -0.39 is 14.2 Å². The van der Waals surface area contributed by atoms with Crippen molar-refractivity contribution < 1.29 is 18.4 Å². The van der Waals surface area contributed by atoms with Gasteiger partial charge < -0.3 is 5.73 Å². The molecule has 0 aromatic rings. The van der Waals surface area contributed by atoms with E-state index in [1.807, 2.05) is 0 Å². The Bertz CT molecular complexity index is 236. The maximum absolute atomic E-state index is 11.2. The Balaban J connectivity index is 3.34. The molecule has 106 valence electrons. The van der Waals surface area contributed by atoms with E-state index in [9.17, 15) is 9.36 Å². The minimum atomic E-state index is -2.34. The molecule has 0 radical (unpaired) electrons. The van der Waals surface area contributed by atoms with Crippen LogP contribution in [0.15, 0.2) is 0 Å². The third-order valence-corrected chi connectivity index (χ3v) is 3.22. The lowest BCUT2D eigenvalue weighted by Gasteiger charge is -1.98. The molecule has 0 aliphatic heterocycles. The highest BCUT2D eigenvalue weighted by Crippen LogP contribution is 2.24. The molecule has 0 aromatic carbocycles. The second-order valence-corrected chi connectivity index (χ2v) is 5.07. The molecule has 0 bridgehead atoms. The number of unbranched alkanes of at least 4 members (excludes halogenated alkanes) is 6. The fourth-order valence-electron chi connectivity index (χ4n) is 1.51. The average molecular weight is 278 g/mol. The summed E-state index contributed by atoms with van der Waals surface area (Å²) in [6.45, 7) is 2.58. The smallest absolute Gasteiger partial charge is 0.328 e. The lowest BCUT2D eigenvalue weighted by molar-refractivity contribution is -0.134. The van der Waals surface area contributed by atoms with Crippen LogP contribution in [0, 0.1) is 0 Å². The molecule has 6 heteroatoms. The van der Waals surface area contributed by atoms with Crippen LogP contribution in [-0.4, -0.2) is 19.1 Å². The van der Waals surface area contributed by atoms with Crippen molar-refractivity contribution in [3.63, 3.8) is 0 Å². The maximum atomic E-state index is 11.2. The largest absolute Gasteiger partial charge is 0.753 e. The molecule has 0 rings (SSSR count). The summed E-state index contributed by atoms with van der Waals surface area (Å²) in [5, 5.41) is 0. The van der Waals surface area contributed by atoms with Gasteiger partial charge in [-0.3, -0.25) is 0 Å². The first-order valence-corrected chi connectivity index (χ1v) is 7.81. The van der Waals surface area contributed by atoms with E-state index in [0.29, 0.717) is 6.42 Å². The second-order valence-electron chi connectivity index (χ2n) is 4.18. The zero-order valence-electron chi connectivity index (χ0n) is 11.2. The summed E-state index contributed by atoms with van der Waals surface area (Å²) in [6, 6.07) is 0. The third kappa shape index (κ3) is 12.0. The molecule has 2 N–H and O–H groups in total. The predicted octanol–water partition coefficient (Wildman–Crippen LogP) is 3.30. The Morgan fingerprint density at radius 3 is 2.33 bits per heavy atom. The van der Waals surface area contributed by atoms with Crippen molar-refractivity contribution >= 4 is 14.2 Å². The fraction of sp³-hybridized carbons (Fsp3) is 0.917. The van der Waals surface area contributed by atoms with Gasteiger partial charge in [0.05, 0.1) is 6.42 Å². The molecule has 0 amide bonds. The lowest BCUT2D eigenvalue weighted by atomic mass is 10.1. The SMILES string of the molecule is CCCCCCCCCC(=O)O[P+](=O)OCCN.